The van der Waals surface area contributed by atoms with E-state index >= 15 is 0 Å². The Kier molecular flexibility index (Phi) is 6.74. The molecule has 0 fully saturated rings. The second-order valence-electron chi connectivity index (χ2n) is 6.80. The van der Waals surface area contributed by atoms with Gasteiger partial charge in [0.05, 0.1) is 5.56 Å². The number of carbonyl (C=O) groups is 1. The molecule has 0 aliphatic heterocycles. The van der Waals surface area contributed by atoms with Gasteiger partial charge in [-0.05, 0) is 35.6 Å². The van der Waals surface area contributed by atoms with Crippen LogP contribution >= 0.6 is 0 Å². The first-order chi connectivity index (χ1) is 14.1. The molecule has 0 atom stereocenters. The third-order valence-corrected chi connectivity index (χ3v) is 4.69. The molecule has 0 unspecified atom stereocenters. The first-order valence-corrected chi connectivity index (χ1v) is 9.68. The maximum absolute atomic E-state index is 11.5. The van der Waals surface area contributed by atoms with Gasteiger partial charge in [-0.1, -0.05) is 54.6 Å². The first kappa shape index (κ1) is 20.3. The minimum atomic E-state index is -0.924. The molecule has 1 N–H and O–H groups in total. The van der Waals surface area contributed by atoms with Crippen LogP contribution in [0.3, 0.4) is 0 Å². The summed E-state index contributed by atoms with van der Waals surface area (Å²) in [5.41, 5.74) is 3.00. The Morgan fingerprint density at radius 2 is 1.76 bits per heavy atom. The molecule has 148 valence electrons. The number of allylic oxidation sites excluding steroid dienone is 2. The van der Waals surface area contributed by atoms with Crippen LogP contribution in [0.2, 0.25) is 0 Å². The summed E-state index contributed by atoms with van der Waals surface area (Å²) in [6.07, 6.45) is 6.88. The molecular weight excluding hydrogens is 362 g/mol. The molecule has 5 nitrogen and oxygen atoms in total. The summed E-state index contributed by atoms with van der Waals surface area (Å²) in [7, 11) is 0. The Hall–Kier alpha value is -3.47. The van der Waals surface area contributed by atoms with Crippen molar-refractivity contribution in [2.24, 2.45) is 0 Å². The Bertz CT molecular complexity index is 1000. The van der Waals surface area contributed by atoms with Crippen molar-refractivity contribution in [1.82, 2.24) is 14.8 Å². The number of hydrogen-bond donors (Lipinski definition) is 1. The lowest BCUT2D eigenvalue weighted by Crippen LogP contribution is -2.06. The fraction of sp³-hybridized carbons (Fsp3) is 0.208. The van der Waals surface area contributed by atoms with Crippen LogP contribution in [-0.4, -0.2) is 25.8 Å². The van der Waals surface area contributed by atoms with Crippen LogP contribution in [0.25, 0.3) is 11.1 Å². The third-order valence-electron chi connectivity index (χ3n) is 4.69. The number of rotatable bonds is 10. The highest BCUT2D eigenvalue weighted by atomic mass is 16.4. The minimum Gasteiger partial charge on any atom is -0.478 e. The molecule has 0 aliphatic carbocycles. The van der Waals surface area contributed by atoms with Gasteiger partial charge < -0.3 is 5.11 Å². The number of aromatic nitrogens is 3. The van der Waals surface area contributed by atoms with Gasteiger partial charge in [0.15, 0.2) is 5.82 Å². The van der Waals surface area contributed by atoms with E-state index in [1.165, 1.54) is 0 Å². The third kappa shape index (κ3) is 5.08. The molecule has 0 radical (unpaired) electrons. The van der Waals surface area contributed by atoms with Crippen LogP contribution in [0, 0.1) is 0 Å². The Morgan fingerprint density at radius 3 is 2.45 bits per heavy atom. The first-order valence-electron chi connectivity index (χ1n) is 9.68. The molecule has 0 saturated carbocycles. The summed E-state index contributed by atoms with van der Waals surface area (Å²) in [6, 6.07) is 15.0. The van der Waals surface area contributed by atoms with Crippen LogP contribution in [0.5, 0.6) is 0 Å². The van der Waals surface area contributed by atoms with E-state index in [2.05, 4.69) is 18.3 Å². The monoisotopic (exact) mass is 387 g/mol. The van der Waals surface area contributed by atoms with Gasteiger partial charge >= 0.3 is 5.97 Å². The van der Waals surface area contributed by atoms with E-state index in [-0.39, 0.29) is 0 Å². The highest BCUT2D eigenvalue weighted by molar-refractivity contribution is 5.95. The number of aromatic carboxylic acids is 1. The molecule has 0 amide bonds. The van der Waals surface area contributed by atoms with Gasteiger partial charge in [0.1, 0.15) is 5.82 Å². The molecule has 1 aromatic heterocycles. The maximum atomic E-state index is 11.5. The van der Waals surface area contributed by atoms with E-state index < -0.39 is 5.97 Å². The van der Waals surface area contributed by atoms with Crippen molar-refractivity contribution in [3.8, 4) is 11.1 Å². The van der Waals surface area contributed by atoms with E-state index in [9.17, 15) is 9.90 Å². The number of aryl methyl sites for hydroxylation is 2. The van der Waals surface area contributed by atoms with E-state index in [0.717, 1.165) is 48.6 Å². The zero-order valence-corrected chi connectivity index (χ0v) is 16.4. The van der Waals surface area contributed by atoms with Gasteiger partial charge in [-0.25, -0.2) is 14.5 Å². The van der Waals surface area contributed by atoms with Gasteiger partial charge in [0.2, 0.25) is 0 Å². The fourth-order valence-electron chi connectivity index (χ4n) is 3.19. The molecule has 29 heavy (non-hydrogen) atoms. The van der Waals surface area contributed by atoms with Gasteiger partial charge in [0, 0.05) is 19.4 Å². The molecule has 0 aliphatic rings. The summed E-state index contributed by atoms with van der Waals surface area (Å²) in [4.78, 5) is 16.2. The van der Waals surface area contributed by atoms with Crippen molar-refractivity contribution < 1.29 is 9.90 Å². The molecule has 0 saturated heterocycles. The quantitative estimate of drug-likeness (QED) is 0.501. The highest BCUT2D eigenvalue weighted by Crippen LogP contribution is 2.24. The van der Waals surface area contributed by atoms with Gasteiger partial charge in [-0.15, -0.1) is 13.2 Å². The smallest absolute Gasteiger partial charge is 0.336 e. The lowest BCUT2D eigenvalue weighted by Gasteiger charge is -2.08. The number of carboxylic acid groups (broad SMARTS) is 1. The number of carboxylic acids is 1. The van der Waals surface area contributed by atoms with Gasteiger partial charge in [0.25, 0.3) is 0 Å². The van der Waals surface area contributed by atoms with Crippen molar-refractivity contribution >= 4 is 5.97 Å². The second-order valence-corrected chi connectivity index (χ2v) is 6.80. The Labute approximate surface area is 171 Å². The topological polar surface area (TPSA) is 68.0 Å². The van der Waals surface area contributed by atoms with Crippen molar-refractivity contribution in [2.45, 2.75) is 32.2 Å². The summed E-state index contributed by atoms with van der Waals surface area (Å²) in [5, 5.41) is 14.0. The van der Waals surface area contributed by atoms with Crippen LogP contribution in [0.15, 0.2) is 73.8 Å². The zero-order chi connectivity index (χ0) is 20.6. The standard InChI is InChI=1S/C24H25N3O2/c1-3-5-11-22-25-23(27(26-22)16-6-4-2)17-18-12-14-19(15-13-18)20-9-7-8-10-21(20)24(28)29/h3-4,7-10,12-15H,1-2,5-6,11,16-17H2,(H,28,29). The number of nitrogens with zero attached hydrogens (tertiary/aromatic N) is 3. The van der Waals surface area contributed by atoms with Crippen LogP contribution in [0.1, 0.15) is 40.4 Å². The predicted octanol–water partition coefficient (Wildman–Crippen LogP) is 4.93. The van der Waals surface area contributed by atoms with E-state index in [4.69, 9.17) is 4.98 Å². The van der Waals surface area contributed by atoms with Crippen LogP contribution in [-0.2, 0) is 19.4 Å². The van der Waals surface area contributed by atoms with Crippen molar-refractivity contribution in [3.05, 3.63) is 96.6 Å². The molecule has 5 heteroatoms. The van der Waals surface area contributed by atoms with E-state index in [1.54, 1.807) is 12.1 Å². The Balaban J connectivity index is 1.82. The minimum absolute atomic E-state index is 0.302. The number of benzene rings is 2. The van der Waals surface area contributed by atoms with E-state index in [0.29, 0.717) is 17.5 Å². The van der Waals surface area contributed by atoms with Crippen LogP contribution in [0.4, 0.5) is 0 Å². The van der Waals surface area contributed by atoms with Crippen molar-refractivity contribution in [2.75, 3.05) is 0 Å². The van der Waals surface area contributed by atoms with Gasteiger partial charge in [-0.2, -0.15) is 5.10 Å². The lowest BCUT2D eigenvalue weighted by atomic mass is 9.98. The summed E-state index contributed by atoms with van der Waals surface area (Å²) in [5.74, 6) is 0.826. The SMILES string of the molecule is C=CCCc1nc(Cc2ccc(-c3ccccc3C(=O)O)cc2)n(CCC=C)n1. The molecule has 0 spiro atoms. The largest absolute Gasteiger partial charge is 0.478 e. The fourth-order valence-corrected chi connectivity index (χ4v) is 3.19. The highest BCUT2D eigenvalue weighted by Gasteiger charge is 2.12. The van der Waals surface area contributed by atoms with E-state index in [1.807, 2.05) is 53.2 Å². The molecule has 3 rings (SSSR count). The summed E-state index contributed by atoms with van der Waals surface area (Å²) >= 11 is 0. The van der Waals surface area contributed by atoms with Crippen LogP contribution < -0.4 is 0 Å². The van der Waals surface area contributed by atoms with Crippen molar-refractivity contribution in [1.29, 1.82) is 0 Å². The predicted molar refractivity (Wildman–Crippen MR) is 115 cm³/mol. The molecule has 0 bridgehead atoms. The summed E-state index contributed by atoms with van der Waals surface area (Å²) in [6.45, 7) is 8.30. The average Bonchev–Trinajstić information content (AvgIpc) is 3.12. The Morgan fingerprint density at radius 1 is 1.03 bits per heavy atom. The second kappa shape index (κ2) is 9.64. The maximum Gasteiger partial charge on any atom is 0.336 e. The molecule has 1 heterocycles. The number of hydrogen-bond acceptors (Lipinski definition) is 3. The summed E-state index contributed by atoms with van der Waals surface area (Å²) < 4.78 is 1.95. The normalized spacial score (nSPS) is 10.6. The molecular formula is C24H25N3O2. The molecule has 3 aromatic rings. The lowest BCUT2D eigenvalue weighted by molar-refractivity contribution is 0.0697. The van der Waals surface area contributed by atoms with Crippen molar-refractivity contribution in [3.63, 3.8) is 0 Å². The average molecular weight is 387 g/mol. The zero-order valence-electron chi connectivity index (χ0n) is 16.4. The molecule has 2 aromatic carbocycles. The van der Waals surface area contributed by atoms with Gasteiger partial charge in [-0.3, -0.25) is 0 Å².